The van der Waals surface area contributed by atoms with E-state index in [0.717, 1.165) is 25.7 Å². The number of nitrogens with zero attached hydrogens (tertiary/aromatic N) is 2. The quantitative estimate of drug-likeness (QED) is 0.740. The molecule has 1 aromatic heterocycles. The number of nitrogens with one attached hydrogen (secondary N) is 2. The number of hydrogen-bond donors (Lipinski definition) is 3. The van der Waals surface area contributed by atoms with Crippen molar-refractivity contribution in [1.82, 2.24) is 20.8 Å². The van der Waals surface area contributed by atoms with Crippen molar-refractivity contribution in [2.24, 2.45) is 5.92 Å². The maximum absolute atomic E-state index is 11.7. The van der Waals surface area contributed by atoms with Crippen LogP contribution in [0.3, 0.4) is 0 Å². The van der Waals surface area contributed by atoms with E-state index in [9.17, 15) is 4.79 Å². The summed E-state index contributed by atoms with van der Waals surface area (Å²) in [4.78, 5) is 15.8. The normalized spacial score (nSPS) is 22.5. The van der Waals surface area contributed by atoms with Crippen molar-refractivity contribution >= 4 is 6.03 Å². The molecule has 0 aliphatic heterocycles. The van der Waals surface area contributed by atoms with Crippen LogP contribution >= 0.6 is 0 Å². The molecule has 1 aromatic rings. The number of urea groups is 1. The van der Waals surface area contributed by atoms with Gasteiger partial charge < -0.3 is 20.3 Å². The second-order valence-electron chi connectivity index (χ2n) is 5.29. The molecule has 1 heterocycles. The molecule has 7 nitrogen and oxygen atoms in total. The van der Waals surface area contributed by atoms with E-state index in [1.807, 2.05) is 0 Å². The molecule has 7 heteroatoms. The van der Waals surface area contributed by atoms with Gasteiger partial charge in [0, 0.05) is 25.6 Å². The van der Waals surface area contributed by atoms with Crippen molar-refractivity contribution in [3.63, 3.8) is 0 Å². The zero-order valence-corrected chi connectivity index (χ0v) is 11.8. The van der Waals surface area contributed by atoms with Crippen LogP contribution in [0.4, 0.5) is 4.79 Å². The molecule has 112 valence electrons. The molecule has 1 aliphatic carbocycles. The van der Waals surface area contributed by atoms with Crippen LogP contribution in [0.2, 0.25) is 0 Å². The number of aromatic nitrogens is 2. The summed E-state index contributed by atoms with van der Waals surface area (Å²) in [5, 5.41) is 18.5. The molecule has 2 amide bonds. The third-order valence-electron chi connectivity index (χ3n) is 3.63. The number of carbonyl (C=O) groups is 1. The molecule has 0 spiro atoms. The van der Waals surface area contributed by atoms with Crippen LogP contribution in [-0.4, -0.2) is 40.5 Å². The highest BCUT2D eigenvalue weighted by Crippen LogP contribution is 2.23. The Morgan fingerprint density at radius 3 is 2.75 bits per heavy atom. The average molecular weight is 282 g/mol. The molecule has 0 saturated heterocycles. The standard InChI is InChI=1S/C13H22N4O3/c1-9-15-12(20-17-9)6-7-14-13(19)16-11-4-2-10(8-18)3-5-11/h10-11,18H,2-8H2,1H3,(H2,14,16,19). The molecule has 1 fully saturated rings. The second-order valence-corrected chi connectivity index (χ2v) is 5.29. The van der Waals surface area contributed by atoms with Crippen LogP contribution in [-0.2, 0) is 6.42 Å². The summed E-state index contributed by atoms with van der Waals surface area (Å²) in [6.45, 7) is 2.48. The van der Waals surface area contributed by atoms with E-state index in [0.29, 0.717) is 30.6 Å². The van der Waals surface area contributed by atoms with Gasteiger partial charge in [-0.15, -0.1) is 0 Å². The number of hydrogen-bond acceptors (Lipinski definition) is 5. The third-order valence-corrected chi connectivity index (χ3v) is 3.63. The lowest BCUT2D eigenvalue weighted by Crippen LogP contribution is -2.44. The molecule has 0 bridgehead atoms. The Morgan fingerprint density at radius 2 is 2.15 bits per heavy atom. The number of amides is 2. The van der Waals surface area contributed by atoms with Gasteiger partial charge in [0.1, 0.15) is 0 Å². The lowest BCUT2D eigenvalue weighted by Gasteiger charge is -2.27. The Bertz CT molecular complexity index is 427. The SMILES string of the molecule is Cc1noc(CCNC(=O)NC2CCC(CO)CC2)n1. The maximum atomic E-state index is 11.7. The summed E-state index contributed by atoms with van der Waals surface area (Å²) in [5.74, 6) is 1.54. The smallest absolute Gasteiger partial charge is 0.315 e. The summed E-state index contributed by atoms with van der Waals surface area (Å²) in [7, 11) is 0. The molecule has 0 atom stereocenters. The van der Waals surface area contributed by atoms with Crippen molar-refractivity contribution in [3.8, 4) is 0 Å². The minimum absolute atomic E-state index is 0.159. The van der Waals surface area contributed by atoms with Crippen molar-refractivity contribution in [2.45, 2.75) is 45.1 Å². The molecular formula is C13H22N4O3. The first kappa shape index (κ1) is 14.8. The van der Waals surface area contributed by atoms with Gasteiger partial charge in [-0.3, -0.25) is 0 Å². The molecule has 20 heavy (non-hydrogen) atoms. The van der Waals surface area contributed by atoms with Gasteiger partial charge in [-0.05, 0) is 38.5 Å². The zero-order valence-electron chi connectivity index (χ0n) is 11.8. The van der Waals surface area contributed by atoms with Crippen molar-refractivity contribution in [1.29, 1.82) is 0 Å². The Labute approximate surface area is 118 Å². The van der Waals surface area contributed by atoms with E-state index in [4.69, 9.17) is 9.63 Å². The fraction of sp³-hybridized carbons (Fsp3) is 0.769. The maximum Gasteiger partial charge on any atom is 0.315 e. The molecule has 0 aromatic carbocycles. The first-order valence-corrected chi connectivity index (χ1v) is 7.11. The third kappa shape index (κ3) is 4.48. The van der Waals surface area contributed by atoms with Crippen molar-refractivity contribution < 1.29 is 14.4 Å². The Balaban J connectivity index is 1.61. The topological polar surface area (TPSA) is 100 Å². The van der Waals surface area contributed by atoms with E-state index in [1.54, 1.807) is 6.92 Å². The van der Waals surface area contributed by atoms with Gasteiger partial charge in [0.05, 0.1) is 0 Å². The minimum Gasteiger partial charge on any atom is -0.396 e. The van der Waals surface area contributed by atoms with E-state index < -0.39 is 0 Å². The first-order chi connectivity index (χ1) is 9.67. The summed E-state index contributed by atoms with van der Waals surface area (Å²) >= 11 is 0. The summed E-state index contributed by atoms with van der Waals surface area (Å²) < 4.78 is 4.96. The van der Waals surface area contributed by atoms with Crippen molar-refractivity contribution in [2.75, 3.05) is 13.2 Å². The van der Waals surface area contributed by atoms with Gasteiger partial charge in [0.2, 0.25) is 5.89 Å². The van der Waals surface area contributed by atoms with Crippen LogP contribution in [0.15, 0.2) is 4.52 Å². The fourth-order valence-electron chi connectivity index (χ4n) is 2.45. The zero-order chi connectivity index (χ0) is 14.4. The highest BCUT2D eigenvalue weighted by atomic mass is 16.5. The summed E-state index contributed by atoms with van der Waals surface area (Å²) in [6, 6.07) is 0.0529. The second kappa shape index (κ2) is 7.23. The summed E-state index contributed by atoms with van der Waals surface area (Å²) in [6.07, 6.45) is 4.35. The summed E-state index contributed by atoms with van der Waals surface area (Å²) in [5.41, 5.74) is 0. The average Bonchev–Trinajstić information content (AvgIpc) is 2.85. The van der Waals surface area contributed by atoms with Gasteiger partial charge >= 0.3 is 6.03 Å². The molecule has 1 aliphatic rings. The fourth-order valence-corrected chi connectivity index (χ4v) is 2.45. The van der Waals surface area contributed by atoms with Gasteiger partial charge in [0.15, 0.2) is 5.82 Å². The highest BCUT2D eigenvalue weighted by molar-refractivity contribution is 5.74. The number of aliphatic hydroxyl groups is 1. The Kier molecular flexibility index (Phi) is 5.34. The van der Waals surface area contributed by atoms with E-state index in [1.165, 1.54) is 0 Å². The van der Waals surface area contributed by atoms with Crippen LogP contribution < -0.4 is 10.6 Å². The minimum atomic E-state index is -0.159. The highest BCUT2D eigenvalue weighted by Gasteiger charge is 2.21. The van der Waals surface area contributed by atoms with Crippen LogP contribution in [0.1, 0.15) is 37.4 Å². The van der Waals surface area contributed by atoms with Gasteiger partial charge in [0.25, 0.3) is 0 Å². The number of rotatable bonds is 5. The van der Waals surface area contributed by atoms with Crippen LogP contribution in [0.5, 0.6) is 0 Å². The predicted octanol–water partition coefficient (Wildman–Crippen LogP) is 0.771. The van der Waals surface area contributed by atoms with Crippen LogP contribution in [0.25, 0.3) is 0 Å². The monoisotopic (exact) mass is 282 g/mol. The van der Waals surface area contributed by atoms with E-state index >= 15 is 0 Å². The van der Waals surface area contributed by atoms with E-state index in [2.05, 4.69) is 20.8 Å². The first-order valence-electron chi connectivity index (χ1n) is 7.11. The largest absolute Gasteiger partial charge is 0.396 e. The molecular weight excluding hydrogens is 260 g/mol. The van der Waals surface area contributed by atoms with Gasteiger partial charge in [-0.1, -0.05) is 5.16 Å². The number of carbonyl (C=O) groups excluding carboxylic acids is 1. The predicted molar refractivity (Wildman–Crippen MR) is 72.1 cm³/mol. The number of aryl methyl sites for hydroxylation is 1. The molecule has 0 unspecified atom stereocenters. The van der Waals surface area contributed by atoms with Gasteiger partial charge in [-0.2, -0.15) is 4.98 Å². The molecule has 1 saturated carbocycles. The molecule has 0 radical (unpaired) electrons. The Morgan fingerprint density at radius 1 is 1.40 bits per heavy atom. The van der Waals surface area contributed by atoms with Gasteiger partial charge in [-0.25, -0.2) is 4.79 Å². The molecule has 2 rings (SSSR count). The van der Waals surface area contributed by atoms with Crippen molar-refractivity contribution in [3.05, 3.63) is 11.7 Å². The van der Waals surface area contributed by atoms with Crippen LogP contribution in [0, 0.1) is 12.8 Å². The lowest BCUT2D eigenvalue weighted by molar-refractivity contribution is 0.174. The lowest BCUT2D eigenvalue weighted by atomic mass is 9.87. The molecule has 3 N–H and O–H groups in total. The van der Waals surface area contributed by atoms with E-state index in [-0.39, 0.29) is 18.7 Å². The Hall–Kier alpha value is -1.63. The number of aliphatic hydroxyl groups excluding tert-OH is 1.